The van der Waals surface area contributed by atoms with Crippen LogP contribution in [0.15, 0.2) is 24.3 Å². The standard InChI is InChI=1S/C19H29FN4O4/c1-3-4-5-6-9-12-24(23-17(21)26)16(25)19(2,22-18(27)28)13-14-10-7-8-11-15(14)20/h7-8,10-11,22H,3-6,9,12-13H2,1-2H3,(H,27,28)(H3,21,23,26). The monoisotopic (exact) mass is 396 g/mol. The number of hydrogen-bond donors (Lipinski definition) is 4. The molecule has 1 atom stereocenters. The summed E-state index contributed by atoms with van der Waals surface area (Å²) in [7, 11) is 0. The fourth-order valence-corrected chi connectivity index (χ4v) is 2.94. The maximum Gasteiger partial charge on any atom is 0.405 e. The van der Waals surface area contributed by atoms with Crippen LogP contribution in [0.5, 0.6) is 0 Å². The summed E-state index contributed by atoms with van der Waals surface area (Å²) in [6.07, 6.45) is 2.89. The van der Waals surface area contributed by atoms with Crippen molar-refractivity contribution in [2.45, 2.75) is 57.9 Å². The molecule has 0 fully saturated rings. The first-order valence-electron chi connectivity index (χ1n) is 9.32. The zero-order valence-corrected chi connectivity index (χ0v) is 16.3. The molecule has 9 heteroatoms. The Balaban J connectivity index is 3.02. The van der Waals surface area contributed by atoms with Crippen molar-refractivity contribution in [2.24, 2.45) is 5.73 Å². The van der Waals surface area contributed by atoms with Crippen molar-refractivity contribution in [1.29, 1.82) is 0 Å². The van der Waals surface area contributed by atoms with Crippen molar-refractivity contribution < 1.29 is 23.9 Å². The molecule has 1 aromatic carbocycles. The predicted molar refractivity (Wildman–Crippen MR) is 103 cm³/mol. The van der Waals surface area contributed by atoms with Gasteiger partial charge in [-0.3, -0.25) is 9.80 Å². The second-order valence-corrected chi connectivity index (χ2v) is 6.88. The van der Waals surface area contributed by atoms with Gasteiger partial charge in [0, 0.05) is 13.0 Å². The van der Waals surface area contributed by atoms with Crippen molar-refractivity contribution >= 4 is 18.0 Å². The number of halogens is 1. The van der Waals surface area contributed by atoms with E-state index in [1.54, 1.807) is 6.07 Å². The summed E-state index contributed by atoms with van der Waals surface area (Å²) < 4.78 is 14.1. The van der Waals surface area contributed by atoms with E-state index in [-0.39, 0.29) is 18.5 Å². The lowest BCUT2D eigenvalue weighted by molar-refractivity contribution is -0.140. The Bertz CT molecular complexity index is 686. The minimum absolute atomic E-state index is 0.166. The molecule has 0 aliphatic carbocycles. The summed E-state index contributed by atoms with van der Waals surface area (Å²) in [5.41, 5.74) is 5.89. The van der Waals surface area contributed by atoms with E-state index in [9.17, 15) is 23.9 Å². The third-order valence-corrected chi connectivity index (χ3v) is 4.33. The summed E-state index contributed by atoms with van der Waals surface area (Å²) in [4.78, 5) is 35.7. The molecular weight excluding hydrogens is 367 g/mol. The third kappa shape index (κ3) is 7.42. The number of rotatable bonds is 10. The van der Waals surface area contributed by atoms with Crippen LogP contribution in [-0.2, 0) is 11.2 Å². The highest BCUT2D eigenvalue weighted by Gasteiger charge is 2.39. The molecule has 0 aromatic heterocycles. The highest BCUT2D eigenvalue weighted by atomic mass is 19.1. The molecule has 0 heterocycles. The zero-order valence-electron chi connectivity index (χ0n) is 16.3. The number of nitrogens with two attached hydrogens (primary N) is 1. The van der Waals surface area contributed by atoms with Crippen LogP contribution in [0.4, 0.5) is 14.0 Å². The lowest BCUT2D eigenvalue weighted by Crippen LogP contribution is -2.63. The van der Waals surface area contributed by atoms with E-state index in [0.29, 0.717) is 6.42 Å². The number of amides is 4. The van der Waals surface area contributed by atoms with Gasteiger partial charge in [0.25, 0.3) is 5.91 Å². The number of nitrogens with one attached hydrogen (secondary N) is 2. The molecule has 1 aromatic rings. The van der Waals surface area contributed by atoms with Crippen molar-refractivity contribution in [1.82, 2.24) is 15.8 Å². The van der Waals surface area contributed by atoms with E-state index >= 15 is 0 Å². The molecule has 1 rings (SSSR count). The molecule has 4 amide bonds. The highest BCUT2D eigenvalue weighted by Crippen LogP contribution is 2.19. The zero-order chi connectivity index (χ0) is 21.2. The van der Waals surface area contributed by atoms with Crippen LogP contribution < -0.4 is 16.5 Å². The van der Waals surface area contributed by atoms with Crippen molar-refractivity contribution in [2.75, 3.05) is 6.54 Å². The largest absolute Gasteiger partial charge is 0.465 e. The van der Waals surface area contributed by atoms with E-state index in [4.69, 9.17) is 5.73 Å². The topological polar surface area (TPSA) is 125 Å². The Kier molecular flexibility index (Phi) is 9.20. The lowest BCUT2D eigenvalue weighted by atomic mass is 9.91. The third-order valence-electron chi connectivity index (χ3n) is 4.33. The number of benzene rings is 1. The van der Waals surface area contributed by atoms with Gasteiger partial charge in [-0.2, -0.15) is 0 Å². The molecule has 0 saturated heterocycles. The van der Waals surface area contributed by atoms with Crippen LogP contribution in [0.25, 0.3) is 0 Å². The van der Waals surface area contributed by atoms with Crippen LogP contribution in [0.1, 0.15) is 51.5 Å². The Morgan fingerprint density at radius 2 is 1.82 bits per heavy atom. The molecule has 28 heavy (non-hydrogen) atoms. The number of primary amides is 1. The van der Waals surface area contributed by atoms with E-state index in [1.807, 2.05) is 0 Å². The molecule has 0 bridgehead atoms. The Morgan fingerprint density at radius 1 is 1.18 bits per heavy atom. The van der Waals surface area contributed by atoms with Gasteiger partial charge in [-0.05, 0) is 25.0 Å². The van der Waals surface area contributed by atoms with Gasteiger partial charge in [0.1, 0.15) is 11.4 Å². The normalized spacial score (nSPS) is 12.7. The van der Waals surface area contributed by atoms with Crippen molar-refractivity contribution in [3.05, 3.63) is 35.6 Å². The average molecular weight is 396 g/mol. The molecule has 0 radical (unpaired) electrons. The summed E-state index contributed by atoms with van der Waals surface area (Å²) in [5, 5.41) is 12.4. The molecular formula is C19H29FN4O4. The number of unbranched alkanes of at least 4 members (excludes halogenated alkanes) is 4. The molecule has 0 saturated carbocycles. The van der Waals surface area contributed by atoms with Crippen molar-refractivity contribution in [3.8, 4) is 0 Å². The number of urea groups is 1. The fourth-order valence-electron chi connectivity index (χ4n) is 2.94. The fraction of sp³-hybridized carbons (Fsp3) is 0.526. The number of hydrogen-bond acceptors (Lipinski definition) is 3. The minimum atomic E-state index is -1.69. The number of carbonyl (C=O) groups excluding carboxylic acids is 2. The number of nitrogens with zero attached hydrogens (tertiary/aromatic N) is 1. The summed E-state index contributed by atoms with van der Waals surface area (Å²) in [6.45, 7) is 3.60. The highest BCUT2D eigenvalue weighted by molar-refractivity contribution is 5.91. The SMILES string of the molecule is CCCCCCCN(NC(N)=O)C(=O)C(C)(Cc1ccccc1F)NC(=O)O. The summed E-state index contributed by atoms with van der Waals surface area (Å²) >= 11 is 0. The van der Waals surface area contributed by atoms with Gasteiger partial charge >= 0.3 is 12.1 Å². The molecule has 8 nitrogen and oxygen atoms in total. The number of carboxylic acid groups (broad SMARTS) is 1. The first-order valence-corrected chi connectivity index (χ1v) is 9.32. The molecule has 156 valence electrons. The number of carbonyl (C=O) groups is 3. The van der Waals surface area contributed by atoms with Gasteiger partial charge < -0.3 is 16.2 Å². The molecule has 5 N–H and O–H groups in total. The van der Waals surface area contributed by atoms with E-state index in [1.165, 1.54) is 25.1 Å². The molecule has 0 aliphatic heterocycles. The first-order chi connectivity index (χ1) is 13.2. The molecule has 0 aliphatic rings. The van der Waals surface area contributed by atoms with Gasteiger partial charge in [0.2, 0.25) is 0 Å². The molecule has 1 unspecified atom stereocenters. The van der Waals surface area contributed by atoms with Gasteiger partial charge in [0.15, 0.2) is 0 Å². The lowest BCUT2D eigenvalue weighted by Gasteiger charge is -2.34. The average Bonchev–Trinajstić information content (AvgIpc) is 2.61. The Hall–Kier alpha value is -2.84. The quantitative estimate of drug-likeness (QED) is 0.358. The second-order valence-electron chi connectivity index (χ2n) is 6.88. The summed E-state index contributed by atoms with van der Waals surface area (Å²) in [6, 6.07) is 4.86. The van der Waals surface area contributed by atoms with Gasteiger partial charge in [-0.1, -0.05) is 50.8 Å². The first kappa shape index (κ1) is 23.2. The second kappa shape index (κ2) is 11.1. The number of hydrazine groups is 1. The van der Waals surface area contributed by atoms with Gasteiger partial charge in [-0.15, -0.1) is 0 Å². The molecule has 0 spiro atoms. The van der Waals surface area contributed by atoms with Crippen LogP contribution in [-0.4, -0.2) is 40.2 Å². The van der Waals surface area contributed by atoms with E-state index in [2.05, 4.69) is 17.7 Å². The minimum Gasteiger partial charge on any atom is -0.465 e. The maximum absolute atomic E-state index is 14.1. The van der Waals surface area contributed by atoms with E-state index < -0.39 is 29.4 Å². The van der Waals surface area contributed by atoms with Crippen LogP contribution in [0.2, 0.25) is 0 Å². The van der Waals surface area contributed by atoms with Crippen LogP contribution in [0.3, 0.4) is 0 Å². The smallest absolute Gasteiger partial charge is 0.405 e. The van der Waals surface area contributed by atoms with E-state index in [0.717, 1.165) is 30.7 Å². The summed E-state index contributed by atoms with van der Waals surface area (Å²) in [5.74, 6) is -1.27. The Labute approximate surface area is 164 Å². The maximum atomic E-state index is 14.1. The Morgan fingerprint density at radius 3 is 2.39 bits per heavy atom. The van der Waals surface area contributed by atoms with Crippen LogP contribution in [0, 0.1) is 5.82 Å². The van der Waals surface area contributed by atoms with Gasteiger partial charge in [0.05, 0.1) is 0 Å². The van der Waals surface area contributed by atoms with Gasteiger partial charge in [-0.25, -0.2) is 19.4 Å². The van der Waals surface area contributed by atoms with Crippen molar-refractivity contribution in [3.63, 3.8) is 0 Å². The van der Waals surface area contributed by atoms with Crippen LogP contribution >= 0.6 is 0 Å². The predicted octanol–water partition coefficient (Wildman–Crippen LogP) is 2.78.